The molecule has 36 heavy (non-hydrogen) atoms. The van der Waals surface area contributed by atoms with Crippen LogP contribution in [0, 0.1) is 0 Å². The molecule has 0 aliphatic carbocycles. The molecule has 0 spiro atoms. The minimum atomic E-state index is -2.30. The Morgan fingerprint density at radius 1 is 0.944 bits per heavy atom. The summed E-state index contributed by atoms with van der Waals surface area (Å²) in [4.78, 5) is 21.2. The number of halogens is 2. The van der Waals surface area contributed by atoms with E-state index in [-0.39, 0.29) is 12.5 Å². The molecule has 0 saturated carbocycles. The number of aromatic nitrogens is 6. The molecule has 0 atom stereocenters. The molecule has 1 fully saturated rings. The standard InChI is InChI=1S/C24H26F2N10/c1-34-24(30-18-5-2-16(3-6-18)19-8-9-28-23(27)31-19)32-22(33-34)17-4-7-21(29-14-17)36-12-10-35(11-13-36)15-20(25)26/h2-9,14,20H,10-13,15H2,1H3,(H2,27,28,31)(H,30,32,33). The number of nitrogens with zero attached hydrogens (tertiary/aromatic N) is 8. The topological polar surface area (TPSA) is 114 Å². The van der Waals surface area contributed by atoms with Crippen molar-refractivity contribution in [3.05, 3.63) is 54.9 Å². The van der Waals surface area contributed by atoms with Crippen LogP contribution in [0.2, 0.25) is 0 Å². The summed E-state index contributed by atoms with van der Waals surface area (Å²) in [6.45, 7) is 2.34. The van der Waals surface area contributed by atoms with Crippen molar-refractivity contribution in [2.75, 3.05) is 48.7 Å². The Morgan fingerprint density at radius 2 is 1.69 bits per heavy atom. The summed E-state index contributed by atoms with van der Waals surface area (Å²) >= 11 is 0. The number of nitrogens with two attached hydrogens (primary N) is 1. The number of nitrogen functional groups attached to an aromatic ring is 1. The fraction of sp³-hybridized carbons (Fsp3) is 0.292. The molecule has 10 nitrogen and oxygen atoms in total. The van der Waals surface area contributed by atoms with E-state index in [9.17, 15) is 8.78 Å². The van der Waals surface area contributed by atoms with E-state index in [2.05, 4.69) is 35.3 Å². The maximum Gasteiger partial charge on any atom is 0.251 e. The second-order valence-electron chi connectivity index (χ2n) is 8.47. The minimum absolute atomic E-state index is 0.177. The molecule has 3 aromatic heterocycles. The van der Waals surface area contributed by atoms with Crippen molar-refractivity contribution in [2.24, 2.45) is 7.05 Å². The van der Waals surface area contributed by atoms with Crippen LogP contribution in [-0.2, 0) is 7.05 Å². The largest absolute Gasteiger partial charge is 0.368 e. The Hall–Kier alpha value is -4.19. The molecular weight excluding hydrogens is 466 g/mol. The van der Waals surface area contributed by atoms with Crippen molar-refractivity contribution in [3.8, 4) is 22.6 Å². The summed E-state index contributed by atoms with van der Waals surface area (Å²) in [6.07, 6.45) is 1.06. The normalized spacial score (nSPS) is 14.4. The van der Waals surface area contributed by atoms with Gasteiger partial charge in [-0.05, 0) is 30.3 Å². The number of benzene rings is 1. The Morgan fingerprint density at radius 3 is 2.36 bits per heavy atom. The Labute approximate surface area is 206 Å². The number of piperazine rings is 1. The summed E-state index contributed by atoms with van der Waals surface area (Å²) < 4.78 is 26.9. The van der Waals surface area contributed by atoms with Crippen LogP contribution in [0.1, 0.15) is 0 Å². The molecule has 186 valence electrons. The molecule has 12 heteroatoms. The molecule has 1 aliphatic rings. The van der Waals surface area contributed by atoms with Gasteiger partial charge in [0.25, 0.3) is 6.43 Å². The Balaban J connectivity index is 1.23. The summed E-state index contributed by atoms with van der Waals surface area (Å²) in [5.41, 5.74) is 8.99. The first-order valence-corrected chi connectivity index (χ1v) is 11.5. The van der Waals surface area contributed by atoms with E-state index in [1.165, 1.54) is 0 Å². The van der Waals surface area contributed by atoms with E-state index in [0.717, 1.165) is 28.3 Å². The predicted octanol–water partition coefficient (Wildman–Crippen LogP) is 3.05. The highest BCUT2D eigenvalue weighted by Gasteiger charge is 2.20. The maximum atomic E-state index is 12.6. The van der Waals surface area contributed by atoms with Crippen molar-refractivity contribution in [2.45, 2.75) is 6.43 Å². The van der Waals surface area contributed by atoms with Crippen LogP contribution in [0.5, 0.6) is 0 Å². The van der Waals surface area contributed by atoms with Crippen molar-refractivity contribution in [3.63, 3.8) is 0 Å². The molecular formula is C24H26F2N10. The summed E-state index contributed by atoms with van der Waals surface area (Å²) in [5.74, 6) is 2.18. The van der Waals surface area contributed by atoms with Crippen molar-refractivity contribution in [1.82, 2.24) is 34.6 Å². The van der Waals surface area contributed by atoms with E-state index in [0.29, 0.717) is 38.0 Å². The van der Waals surface area contributed by atoms with E-state index >= 15 is 0 Å². The van der Waals surface area contributed by atoms with Gasteiger partial charge in [-0.15, -0.1) is 5.10 Å². The molecule has 4 aromatic rings. The van der Waals surface area contributed by atoms with Gasteiger partial charge < -0.3 is 16.0 Å². The second kappa shape index (κ2) is 10.2. The van der Waals surface area contributed by atoms with Gasteiger partial charge in [-0.1, -0.05) is 12.1 Å². The van der Waals surface area contributed by atoms with Gasteiger partial charge in [0, 0.05) is 62.4 Å². The van der Waals surface area contributed by atoms with Gasteiger partial charge in [0.05, 0.1) is 12.2 Å². The number of alkyl halides is 2. The lowest BCUT2D eigenvalue weighted by atomic mass is 10.1. The molecule has 5 rings (SSSR count). The number of hydrogen-bond acceptors (Lipinski definition) is 9. The quantitative estimate of drug-likeness (QED) is 0.402. The van der Waals surface area contributed by atoms with Crippen LogP contribution in [-0.4, -0.2) is 73.8 Å². The first-order chi connectivity index (χ1) is 17.4. The molecule has 1 aliphatic heterocycles. The smallest absolute Gasteiger partial charge is 0.251 e. The predicted molar refractivity (Wildman–Crippen MR) is 134 cm³/mol. The highest BCUT2D eigenvalue weighted by Crippen LogP contribution is 2.24. The third-order valence-corrected chi connectivity index (χ3v) is 5.97. The third kappa shape index (κ3) is 5.38. The Kier molecular flexibility index (Phi) is 6.67. The average Bonchev–Trinajstić information content (AvgIpc) is 3.24. The van der Waals surface area contributed by atoms with Crippen LogP contribution in [0.15, 0.2) is 54.9 Å². The van der Waals surface area contributed by atoms with Gasteiger partial charge in [-0.25, -0.2) is 28.4 Å². The van der Waals surface area contributed by atoms with E-state index in [1.54, 1.807) is 28.0 Å². The number of anilines is 4. The molecule has 0 unspecified atom stereocenters. The number of rotatable bonds is 7. The lowest BCUT2D eigenvalue weighted by molar-refractivity contribution is 0.0854. The van der Waals surface area contributed by atoms with Gasteiger partial charge in [0.15, 0.2) is 5.82 Å². The molecule has 4 heterocycles. The summed E-state index contributed by atoms with van der Waals surface area (Å²) in [5, 5.41) is 7.79. The zero-order valence-electron chi connectivity index (χ0n) is 19.7. The number of nitrogens with one attached hydrogen (secondary N) is 1. The van der Waals surface area contributed by atoms with Crippen LogP contribution < -0.4 is 16.0 Å². The summed E-state index contributed by atoms with van der Waals surface area (Å²) in [6, 6.07) is 13.4. The zero-order valence-corrected chi connectivity index (χ0v) is 19.7. The minimum Gasteiger partial charge on any atom is -0.368 e. The van der Waals surface area contributed by atoms with Crippen molar-refractivity contribution >= 4 is 23.4 Å². The molecule has 1 saturated heterocycles. The molecule has 3 N–H and O–H groups in total. The lowest BCUT2D eigenvalue weighted by Crippen LogP contribution is -2.48. The second-order valence-corrected chi connectivity index (χ2v) is 8.47. The SMILES string of the molecule is Cn1nc(-c2ccc(N3CCN(CC(F)F)CC3)nc2)nc1Nc1ccc(-c2ccnc(N)n2)cc1. The average molecular weight is 493 g/mol. The van der Waals surface area contributed by atoms with Gasteiger partial charge in [-0.2, -0.15) is 4.98 Å². The van der Waals surface area contributed by atoms with Crippen LogP contribution in [0.25, 0.3) is 22.6 Å². The van der Waals surface area contributed by atoms with Crippen LogP contribution >= 0.6 is 0 Å². The van der Waals surface area contributed by atoms with Crippen LogP contribution in [0.3, 0.4) is 0 Å². The monoisotopic (exact) mass is 492 g/mol. The highest BCUT2D eigenvalue weighted by molar-refractivity contribution is 5.66. The van der Waals surface area contributed by atoms with Crippen molar-refractivity contribution in [1.29, 1.82) is 0 Å². The van der Waals surface area contributed by atoms with E-state index in [1.807, 2.05) is 43.4 Å². The third-order valence-electron chi connectivity index (χ3n) is 5.97. The van der Waals surface area contributed by atoms with Gasteiger partial charge in [0.2, 0.25) is 11.9 Å². The maximum absolute atomic E-state index is 12.6. The van der Waals surface area contributed by atoms with E-state index < -0.39 is 6.43 Å². The fourth-order valence-corrected chi connectivity index (χ4v) is 4.06. The molecule has 1 aromatic carbocycles. The van der Waals surface area contributed by atoms with E-state index in [4.69, 9.17) is 5.73 Å². The first kappa shape index (κ1) is 23.5. The molecule has 0 amide bonds. The highest BCUT2D eigenvalue weighted by atomic mass is 19.3. The lowest BCUT2D eigenvalue weighted by Gasteiger charge is -2.35. The first-order valence-electron chi connectivity index (χ1n) is 11.5. The van der Waals surface area contributed by atoms with Gasteiger partial charge in [0.1, 0.15) is 5.82 Å². The van der Waals surface area contributed by atoms with Gasteiger partial charge in [-0.3, -0.25) is 4.90 Å². The number of aryl methyl sites for hydroxylation is 1. The number of hydrogen-bond donors (Lipinski definition) is 2. The fourth-order valence-electron chi connectivity index (χ4n) is 4.06. The molecule has 0 radical (unpaired) electrons. The van der Waals surface area contributed by atoms with Gasteiger partial charge >= 0.3 is 0 Å². The number of pyridine rings is 1. The summed E-state index contributed by atoms with van der Waals surface area (Å²) in [7, 11) is 1.82. The Bertz CT molecular complexity index is 1300. The molecule has 0 bridgehead atoms. The zero-order chi connectivity index (χ0) is 25.1. The van der Waals surface area contributed by atoms with Crippen LogP contribution in [0.4, 0.5) is 32.2 Å². The van der Waals surface area contributed by atoms with Crippen molar-refractivity contribution < 1.29 is 8.78 Å².